The van der Waals surface area contributed by atoms with Crippen LogP contribution in [0.25, 0.3) is 11.1 Å². The predicted octanol–water partition coefficient (Wildman–Crippen LogP) is 4.55. The van der Waals surface area contributed by atoms with Crippen LogP contribution in [0.5, 0.6) is 0 Å². The van der Waals surface area contributed by atoms with Gasteiger partial charge in [-0.3, -0.25) is 4.79 Å². The SMILES string of the molecule is CC(C)(C)C(=O)NS(=O)(=O)c1cc(-c2c(F)cc(F)c(F)c2F)c(F)cc1Cl. The highest BCUT2D eigenvalue weighted by molar-refractivity contribution is 7.90. The minimum Gasteiger partial charge on any atom is -0.273 e. The summed E-state index contributed by atoms with van der Waals surface area (Å²) in [6.07, 6.45) is 0. The van der Waals surface area contributed by atoms with Gasteiger partial charge in [0.15, 0.2) is 17.5 Å². The van der Waals surface area contributed by atoms with Gasteiger partial charge in [-0.25, -0.2) is 35.1 Å². The first-order chi connectivity index (χ1) is 12.7. The molecule has 0 heterocycles. The van der Waals surface area contributed by atoms with Gasteiger partial charge in [-0.15, -0.1) is 0 Å². The van der Waals surface area contributed by atoms with Crippen molar-refractivity contribution in [3.63, 3.8) is 0 Å². The van der Waals surface area contributed by atoms with Crippen LogP contribution in [-0.4, -0.2) is 14.3 Å². The normalized spacial score (nSPS) is 12.2. The second-order valence-corrected chi connectivity index (χ2v) is 8.85. The van der Waals surface area contributed by atoms with Gasteiger partial charge in [0.1, 0.15) is 16.5 Å². The minimum absolute atomic E-state index is 0.0165. The first-order valence-corrected chi connectivity index (χ1v) is 9.42. The van der Waals surface area contributed by atoms with Crippen LogP contribution in [0.2, 0.25) is 5.02 Å². The first kappa shape index (κ1) is 22.1. The maximum absolute atomic E-state index is 14.2. The van der Waals surface area contributed by atoms with Crippen LogP contribution in [0, 0.1) is 34.5 Å². The van der Waals surface area contributed by atoms with Gasteiger partial charge in [-0.2, -0.15) is 0 Å². The van der Waals surface area contributed by atoms with Crippen LogP contribution in [0.4, 0.5) is 22.0 Å². The molecule has 152 valence electrons. The first-order valence-electron chi connectivity index (χ1n) is 7.56. The summed E-state index contributed by atoms with van der Waals surface area (Å²) in [6.45, 7) is 4.25. The fourth-order valence-corrected chi connectivity index (χ4v) is 3.77. The summed E-state index contributed by atoms with van der Waals surface area (Å²) >= 11 is 5.72. The smallest absolute Gasteiger partial charge is 0.265 e. The second kappa shape index (κ2) is 7.32. The number of hydrogen-bond acceptors (Lipinski definition) is 3. The molecule has 28 heavy (non-hydrogen) atoms. The Morgan fingerprint density at radius 1 is 0.929 bits per heavy atom. The van der Waals surface area contributed by atoms with E-state index in [1.165, 1.54) is 20.8 Å². The number of nitrogens with one attached hydrogen (secondary N) is 1. The zero-order valence-electron chi connectivity index (χ0n) is 14.6. The third kappa shape index (κ3) is 4.12. The molecule has 0 bridgehead atoms. The molecule has 1 N–H and O–H groups in total. The van der Waals surface area contributed by atoms with Gasteiger partial charge in [-0.05, 0) is 12.1 Å². The molecule has 0 saturated carbocycles. The van der Waals surface area contributed by atoms with Gasteiger partial charge in [-0.1, -0.05) is 32.4 Å². The van der Waals surface area contributed by atoms with E-state index in [0.29, 0.717) is 12.1 Å². The molecule has 11 heteroatoms. The Bertz CT molecular complexity index is 1080. The van der Waals surface area contributed by atoms with Crippen molar-refractivity contribution in [2.24, 2.45) is 5.41 Å². The van der Waals surface area contributed by atoms with Gasteiger partial charge in [0.2, 0.25) is 5.91 Å². The zero-order chi connectivity index (χ0) is 21.6. The molecule has 0 spiro atoms. The molecule has 1 amide bonds. The molecule has 2 aromatic rings. The lowest BCUT2D eigenvalue weighted by Crippen LogP contribution is -2.39. The number of halogens is 6. The predicted molar refractivity (Wildman–Crippen MR) is 91.5 cm³/mol. The summed E-state index contributed by atoms with van der Waals surface area (Å²) in [5.41, 5.74) is -3.48. The van der Waals surface area contributed by atoms with E-state index in [1.54, 1.807) is 4.72 Å². The zero-order valence-corrected chi connectivity index (χ0v) is 16.2. The van der Waals surface area contributed by atoms with Crippen LogP contribution in [0.3, 0.4) is 0 Å². The molecule has 2 aromatic carbocycles. The fourth-order valence-electron chi connectivity index (χ4n) is 2.07. The summed E-state index contributed by atoms with van der Waals surface area (Å²) in [7, 11) is -4.68. The molecule has 0 saturated heterocycles. The van der Waals surface area contributed by atoms with E-state index in [4.69, 9.17) is 11.6 Å². The standard InChI is InChI=1S/C17H13ClF5NO3S/c1-17(2,3)16(25)24-28(26,27)12-4-7(9(19)5-8(12)18)13-10(20)6-11(21)14(22)15(13)23/h4-6H,1-3H3,(H,24,25). The highest BCUT2D eigenvalue weighted by atomic mass is 35.5. The molecule has 0 unspecified atom stereocenters. The van der Waals surface area contributed by atoms with Gasteiger partial charge in [0, 0.05) is 17.0 Å². The number of carbonyl (C=O) groups excluding carboxylic acids is 1. The summed E-state index contributed by atoms with van der Waals surface area (Å²) in [6, 6.07) is 0.833. The third-order valence-electron chi connectivity index (χ3n) is 3.60. The molecule has 0 atom stereocenters. The van der Waals surface area contributed by atoms with Crippen molar-refractivity contribution in [1.29, 1.82) is 0 Å². The lowest BCUT2D eigenvalue weighted by Gasteiger charge is -2.18. The molecule has 0 fully saturated rings. The van der Waals surface area contributed by atoms with Crippen molar-refractivity contribution in [1.82, 2.24) is 4.72 Å². The highest BCUT2D eigenvalue weighted by Crippen LogP contribution is 2.35. The number of carbonyl (C=O) groups is 1. The van der Waals surface area contributed by atoms with E-state index >= 15 is 0 Å². The highest BCUT2D eigenvalue weighted by Gasteiger charge is 2.30. The largest absolute Gasteiger partial charge is 0.273 e. The second-order valence-electron chi connectivity index (χ2n) is 6.79. The van der Waals surface area contributed by atoms with E-state index in [1.807, 2.05) is 0 Å². The molecule has 0 radical (unpaired) electrons. The van der Waals surface area contributed by atoms with E-state index in [-0.39, 0.29) is 6.07 Å². The Morgan fingerprint density at radius 3 is 2.04 bits per heavy atom. The maximum atomic E-state index is 14.2. The van der Waals surface area contributed by atoms with Crippen LogP contribution in [-0.2, 0) is 14.8 Å². The quantitative estimate of drug-likeness (QED) is 0.431. The van der Waals surface area contributed by atoms with Crippen molar-refractivity contribution in [2.45, 2.75) is 25.7 Å². The van der Waals surface area contributed by atoms with Gasteiger partial charge in [0.05, 0.1) is 10.6 Å². The Morgan fingerprint density at radius 2 is 1.50 bits per heavy atom. The molecule has 0 aliphatic heterocycles. The van der Waals surface area contributed by atoms with Crippen molar-refractivity contribution in [3.05, 3.63) is 52.3 Å². The van der Waals surface area contributed by atoms with Crippen molar-refractivity contribution < 1.29 is 35.2 Å². The number of benzene rings is 2. The minimum atomic E-state index is -4.68. The summed E-state index contributed by atoms with van der Waals surface area (Å²) in [5.74, 6) is -9.97. The average molecular weight is 442 g/mol. The maximum Gasteiger partial charge on any atom is 0.265 e. The van der Waals surface area contributed by atoms with Crippen molar-refractivity contribution >= 4 is 27.5 Å². The molecule has 0 aromatic heterocycles. The van der Waals surface area contributed by atoms with Crippen LogP contribution in [0.15, 0.2) is 23.1 Å². The van der Waals surface area contributed by atoms with E-state index in [2.05, 4.69) is 0 Å². The monoisotopic (exact) mass is 441 g/mol. The lowest BCUT2D eigenvalue weighted by atomic mass is 9.96. The van der Waals surface area contributed by atoms with E-state index in [0.717, 1.165) is 0 Å². The van der Waals surface area contributed by atoms with Crippen LogP contribution in [0.1, 0.15) is 20.8 Å². The van der Waals surface area contributed by atoms with E-state index in [9.17, 15) is 35.2 Å². The molecular weight excluding hydrogens is 429 g/mol. The summed E-state index contributed by atoms with van der Waals surface area (Å²) in [4.78, 5) is 11.1. The topological polar surface area (TPSA) is 63.2 Å². The number of hydrogen-bond donors (Lipinski definition) is 1. The Labute approximate surface area is 162 Å². The third-order valence-corrected chi connectivity index (χ3v) is 5.40. The average Bonchev–Trinajstić information content (AvgIpc) is 2.53. The van der Waals surface area contributed by atoms with Crippen molar-refractivity contribution in [2.75, 3.05) is 0 Å². The van der Waals surface area contributed by atoms with Gasteiger partial charge in [0.25, 0.3) is 10.0 Å². The number of sulfonamides is 1. The van der Waals surface area contributed by atoms with E-state index < -0.39 is 71.5 Å². The summed E-state index contributed by atoms with van der Waals surface area (Å²) < 4.78 is 95.4. The Hall–Kier alpha value is -2.20. The molecule has 0 aliphatic carbocycles. The van der Waals surface area contributed by atoms with Crippen LogP contribution >= 0.6 is 11.6 Å². The Balaban J connectivity index is 2.71. The molecular formula is C17H13ClF5NO3S. The lowest BCUT2D eigenvalue weighted by molar-refractivity contribution is -0.126. The molecule has 2 rings (SSSR count). The van der Waals surface area contributed by atoms with Gasteiger partial charge < -0.3 is 0 Å². The number of rotatable bonds is 3. The van der Waals surface area contributed by atoms with Crippen molar-refractivity contribution in [3.8, 4) is 11.1 Å². The summed E-state index contributed by atoms with van der Waals surface area (Å²) in [5, 5.41) is -0.696. The molecule has 4 nitrogen and oxygen atoms in total. The van der Waals surface area contributed by atoms with Crippen LogP contribution < -0.4 is 4.72 Å². The number of amides is 1. The molecule has 0 aliphatic rings. The Kier molecular flexibility index (Phi) is 5.78. The fraction of sp³-hybridized carbons (Fsp3) is 0.235. The van der Waals surface area contributed by atoms with Gasteiger partial charge >= 0.3 is 0 Å².